The van der Waals surface area contributed by atoms with Crippen LogP contribution in [0.3, 0.4) is 0 Å². The second-order valence-corrected chi connectivity index (χ2v) is 5.62. The average molecular weight is 366 g/mol. The van der Waals surface area contributed by atoms with E-state index in [0.717, 1.165) is 27.6 Å². The van der Waals surface area contributed by atoms with E-state index in [4.69, 9.17) is 0 Å². The van der Waals surface area contributed by atoms with Crippen LogP contribution in [-0.2, 0) is 0 Å². The van der Waals surface area contributed by atoms with Crippen molar-refractivity contribution in [3.05, 3.63) is 21.2 Å². The minimum Gasteiger partial charge on any atom is -0.395 e. The normalized spacial score (nSPS) is 10.9. The Kier molecular flexibility index (Phi) is 6.44. The van der Waals surface area contributed by atoms with Gasteiger partial charge in [0, 0.05) is 23.3 Å². The smallest absolute Gasteiger partial charge is 0.143 e. The van der Waals surface area contributed by atoms with E-state index in [9.17, 15) is 5.11 Å². The van der Waals surface area contributed by atoms with Gasteiger partial charge in [-0.3, -0.25) is 0 Å². The molecular formula is C12H18Br2N2O. The fourth-order valence-corrected chi connectivity index (χ4v) is 3.13. The van der Waals surface area contributed by atoms with Gasteiger partial charge in [0.05, 0.1) is 11.1 Å². The monoisotopic (exact) mass is 364 g/mol. The van der Waals surface area contributed by atoms with Crippen LogP contribution >= 0.6 is 31.9 Å². The molecule has 1 rings (SSSR count). The lowest BCUT2D eigenvalue weighted by Crippen LogP contribution is -2.37. The number of aliphatic hydroxyl groups excluding tert-OH is 1. The second kappa shape index (κ2) is 7.34. The lowest BCUT2D eigenvalue weighted by molar-refractivity contribution is 0.295. The highest BCUT2D eigenvalue weighted by molar-refractivity contribution is 9.11. The van der Waals surface area contributed by atoms with Crippen LogP contribution in [0.5, 0.6) is 0 Å². The summed E-state index contributed by atoms with van der Waals surface area (Å²) in [5.41, 5.74) is 0. The van der Waals surface area contributed by atoms with Gasteiger partial charge in [-0.1, -0.05) is 13.8 Å². The van der Waals surface area contributed by atoms with Crippen LogP contribution in [0, 0.1) is 0 Å². The van der Waals surface area contributed by atoms with E-state index < -0.39 is 0 Å². The van der Waals surface area contributed by atoms with Crippen molar-refractivity contribution in [3.63, 3.8) is 0 Å². The van der Waals surface area contributed by atoms with Crippen LogP contribution in [0.1, 0.15) is 26.7 Å². The molecule has 5 heteroatoms. The number of aliphatic hydroxyl groups is 1. The fraction of sp³-hybridized carbons (Fsp3) is 0.583. The maximum Gasteiger partial charge on any atom is 0.143 e. The molecule has 1 heterocycles. The zero-order valence-corrected chi connectivity index (χ0v) is 13.3. The third-order valence-corrected chi connectivity index (χ3v) is 3.80. The van der Waals surface area contributed by atoms with E-state index in [1.807, 2.05) is 6.07 Å². The second-order valence-electron chi connectivity index (χ2n) is 3.85. The number of hydrogen-bond acceptors (Lipinski definition) is 3. The van der Waals surface area contributed by atoms with Crippen LogP contribution in [0.4, 0.5) is 5.82 Å². The van der Waals surface area contributed by atoms with Crippen LogP contribution in [0.2, 0.25) is 0 Å². The molecule has 96 valence electrons. The molecule has 0 bridgehead atoms. The van der Waals surface area contributed by atoms with Gasteiger partial charge in [-0.05, 0) is 50.8 Å². The van der Waals surface area contributed by atoms with Gasteiger partial charge in [-0.25, -0.2) is 4.98 Å². The molecule has 0 aliphatic heterocycles. The van der Waals surface area contributed by atoms with Crippen LogP contribution in [0.15, 0.2) is 21.2 Å². The van der Waals surface area contributed by atoms with E-state index in [2.05, 4.69) is 55.6 Å². The molecule has 3 nitrogen and oxygen atoms in total. The number of hydrogen-bond donors (Lipinski definition) is 1. The number of aromatic nitrogens is 1. The summed E-state index contributed by atoms with van der Waals surface area (Å²) in [6.07, 6.45) is 3.87. The van der Waals surface area contributed by atoms with Gasteiger partial charge in [-0.2, -0.15) is 0 Å². The molecule has 0 aliphatic carbocycles. The van der Waals surface area contributed by atoms with Gasteiger partial charge in [0.1, 0.15) is 5.82 Å². The SMILES string of the molecule is CCC(CC)N(CCO)c1ncc(Br)cc1Br. The van der Waals surface area contributed by atoms with Crippen molar-refractivity contribution in [1.82, 2.24) is 4.98 Å². The van der Waals surface area contributed by atoms with E-state index >= 15 is 0 Å². The highest BCUT2D eigenvalue weighted by Gasteiger charge is 2.18. The predicted octanol–water partition coefficient (Wildman–Crippen LogP) is 3.59. The molecule has 1 aromatic heterocycles. The highest BCUT2D eigenvalue weighted by Crippen LogP contribution is 2.29. The Morgan fingerprint density at radius 2 is 2.00 bits per heavy atom. The Labute approximate surface area is 119 Å². The third kappa shape index (κ3) is 3.93. The van der Waals surface area contributed by atoms with Crippen LogP contribution in [-0.4, -0.2) is 29.3 Å². The van der Waals surface area contributed by atoms with Crippen molar-refractivity contribution in [3.8, 4) is 0 Å². The molecule has 0 saturated carbocycles. The molecule has 0 aromatic carbocycles. The molecule has 0 radical (unpaired) electrons. The summed E-state index contributed by atoms with van der Waals surface area (Å²) in [4.78, 5) is 6.60. The van der Waals surface area contributed by atoms with Gasteiger partial charge in [0.2, 0.25) is 0 Å². The van der Waals surface area contributed by atoms with Crippen molar-refractivity contribution >= 4 is 37.7 Å². The fourth-order valence-electron chi connectivity index (χ4n) is 1.92. The summed E-state index contributed by atoms with van der Waals surface area (Å²) in [5, 5.41) is 9.19. The first-order valence-electron chi connectivity index (χ1n) is 5.82. The minimum atomic E-state index is 0.140. The van der Waals surface area contributed by atoms with Crippen LogP contribution < -0.4 is 4.90 Å². The van der Waals surface area contributed by atoms with Crippen molar-refractivity contribution in [2.45, 2.75) is 32.7 Å². The summed E-state index contributed by atoms with van der Waals surface area (Å²) in [5.74, 6) is 0.899. The molecule has 0 spiro atoms. The average Bonchev–Trinajstić information content (AvgIpc) is 2.30. The molecule has 0 fully saturated rings. The van der Waals surface area contributed by atoms with Crippen molar-refractivity contribution in [2.75, 3.05) is 18.1 Å². The summed E-state index contributed by atoms with van der Waals surface area (Å²) in [7, 11) is 0. The van der Waals surface area contributed by atoms with Crippen molar-refractivity contribution in [1.29, 1.82) is 0 Å². The van der Waals surface area contributed by atoms with Crippen molar-refractivity contribution in [2.24, 2.45) is 0 Å². The quantitative estimate of drug-likeness (QED) is 0.836. The Bertz CT molecular complexity index is 356. The number of pyridine rings is 1. The standard InChI is InChI=1S/C12H18Br2N2O/c1-3-10(4-2)16(5-6-17)12-11(14)7-9(13)8-15-12/h7-8,10,17H,3-6H2,1-2H3. The van der Waals surface area contributed by atoms with Gasteiger partial charge in [-0.15, -0.1) is 0 Å². The topological polar surface area (TPSA) is 36.4 Å². The first kappa shape index (κ1) is 14.9. The molecule has 1 N–H and O–H groups in total. The number of anilines is 1. The molecule has 17 heavy (non-hydrogen) atoms. The zero-order valence-electron chi connectivity index (χ0n) is 10.2. The first-order valence-corrected chi connectivity index (χ1v) is 7.41. The first-order chi connectivity index (χ1) is 8.13. The molecule has 0 atom stereocenters. The predicted molar refractivity (Wildman–Crippen MR) is 78.4 cm³/mol. The summed E-state index contributed by atoms with van der Waals surface area (Å²) >= 11 is 6.92. The molecular weight excluding hydrogens is 348 g/mol. The van der Waals surface area contributed by atoms with E-state index in [1.165, 1.54) is 0 Å². The number of rotatable bonds is 6. The lowest BCUT2D eigenvalue weighted by atomic mass is 10.1. The van der Waals surface area contributed by atoms with E-state index in [0.29, 0.717) is 12.6 Å². The number of halogens is 2. The maximum atomic E-state index is 9.19. The molecule has 0 aliphatic rings. The molecule has 0 amide bonds. The van der Waals surface area contributed by atoms with Gasteiger partial charge in [0.15, 0.2) is 0 Å². The molecule has 0 saturated heterocycles. The largest absolute Gasteiger partial charge is 0.395 e. The maximum absolute atomic E-state index is 9.19. The van der Waals surface area contributed by atoms with Gasteiger partial charge in [0.25, 0.3) is 0 Å². The Hall–Kier alpha value is -0.130. The number of nitrogens with zero attached hydrogens (tertiary/aromatic N) is 2. The summed E-state index contributed by atoms with van der Waals surface area (Å²) < 4.78 is 1.90. The Morgan fingerprint density at radius 3 is 2.47 bits per heavy atom. The molecule has 0 unspecified atom stereocenters. The lowest BCUT2D eigenvalue weighted by Gasteiger charge is -2.31. The summed E-state index contributed by atoms with van der Waals surface area (Å²) in [6, 6.07) is 2.39. The zero-order chi connectivity index (χ0) is 12.8. The van der Waals surface area contributed by atoms with E-state index in [-0.39, 0.29) is 6.61 Å². The summed E-state index contributed by atoms with van der Waals surface area (Å²) in [6.45, 7) is 5.07. The van der Waals surface area contributed by atoms with Crippen LogP contribution in [0.25, 0.3) is 0 Å². The Morgan fingerprint density at radius 1 is 1.35 bits per heavy atom. The van der Waals surface area contributed by atoms with Gasteiger partial charge >= 0.3 is 0 Å². The van der Waals surface area contributed by atoms with E-state index in [1.54, 1.807) is 6.20 Å². The van der Waals surface area contributed by atoms with Crippen molar-refractivity contribution < 1.29 is 5.11 Å². The highest BCUT2D eigenvalue weighted by atomic mass is 79.9. The molecule has 1 aromatic rings. The van der Waals surface area contributed by atoms with Gasteiger partial charge < -0.3 is 10.0 Å². The Balaban J connectivity index is 3.03. The minimum absolute atomic E-state index is 0.140. The third-order valence-electron chi connectivity index (χ3n) is 2.78.